The largest absolute Gasteiger partial charge is 0.435 e. The Labute approximate surface area is 183 Å². The third kappa shape index (κ3) is 4.73. The summed E-state index contributed by atoms with van der Waals surface area (Å²) < 4.78 is 68.8. The van der Waals surface area contributed by atoms with Crippen molar-refractivity contribution < 1.29 is 31.1 Å². The SMILES string of the molecule is O=C(NCc1ccc(F)cc1)N1CC2=C(C1)CN(S(=O)(=O)c1ccc(OC(F)F)cc1)C2. The minimum atomic E-state index is -3.81. The fourth-order valence-corrected chi connectivity index (χ4v) is 5.12. The van der Waals surface area contributed by atoms with Gasteiger partial charge in [-0.05, 0) is 53.1 Å². The van der Waals surface area contributed by atoms with Gasteiger partial charge < -0.3 is 15.0 Å². The van der Waals surface area contributed by atoms with Crippen molar-refractivity contribution in [1.29, 1.82) is 0 Å². The number of rotatable bonds is 6. The van der Waals surface area contributed by atoms with Crippen molar-refractivity contribution in [2.45, 2.75) is 18.1 Å². The molecule has 0 radical (unpaired) electrons. The van der Waals surface area contributed by atoms with Gasteiger partial charge in [0, 0.05) is 32.7 Å². The van der Waals surface area contributed by atoms with Crippen molar-refractivity contribution in [2.75, 3.05) is 26.2 Å². The number of amides is 2. The Balaban J connectivity index is 1.32. The number of hydrogen-bond acceptors (Lipinski definition) is 4. The van der Waals surface area contributed by atoms with Crippen LogP contribution in [-0.2, 0) is 16.6 Å². The average Bonchev–Trinajstić information content (AvgIpc) is 3.33. The minimum Gasteiger partial charge on any atom is -0.435 e. The molecular weight excluding hydrogens is 447 g/mol. The number of urea groups is 1. The first-order valence-corrected chi connectivity index (χ1v) is 11.2. The van der Waals surface area contributed by atoms with E-state index in [-0.39, 0.29) is 42.1 Å². The van der Waals surface area contributed by atoms with E-state index in [1.807, 2.05) is 0 Å². The second-order valence-electron chi connectivity index (χ2n) is 7.47. The number of sulfonamides is 1. The molecule has 32 heavy (non-hydrogen) atoms. The van der Waals surface area contributed by atoms with E-state index in [0.717, 1.165) is 16.7 Å². The summed E-state index contributed by atoms with van der Waals surface area (Å²) in [7, 11) is -3.81. The van der Waals surface area contributed by atoms with Gasteiger partial charge in [-0.3, -0.25) is 0 Å². The van der Waals surface area contributed by atoms with E-state index >= 15 is 0 Å². The lowest BCUT2D eigenvalue weighted by atomic mass is 10.2. The van der Waals surface area contributed by atoms with Gasteiger partial charge in [0.1, 0.15) is 11.6 Å². The molecule has 7 nitrogen and oxygen atoms in total. The van der Waals surface area contributed by atoms with Gasteiger partial charge in [-0.25, -0.2) is 17.6 Å². The smallest absolute Gasteiger partial charge is 0.387 e. The van der Waals surface area contributed by atoms with Gasteiger partial charge in [0.2, 0.25) is 10.0 Å². The van der Waals surface area contributed by atoms with E-state index in [1.54, 1.807) is 17.0 Å². The molecule has 0 aliphatic carbocycles. The predicted molar refractivity (Wildman–Crippen MR) is 109 cm³/mol. The van der Waals surface area contributed by atoms with Gasteiger partial charge in [0.25, 0.3) is 0 Å². The Morgan fingerprint density at radius 2 is 1.56 bits per heavy atom. The zero-order valence-corrected chi connectivity index (χ0v) is 17.6. The van der Waals surface area contributed by atoms with Gasteiger partial charge in [0.15, 0.2) is 0 Å². The number of benzene rings is 2. The Morgan fingerprint density at radius 1 is 0.969 bits per heavy atom. The second-order valence-corrected chi connectivity index (χ2v) is 9.41. The average molecular weight is 467 g/mol. The molecule has 0 saturated carbocycles. The first-order chi connectivity index (χ1) is 15.2. The van der Waals surface area contributed by atoms with Gasteiger partial charge in [-0.1, -0.05) is 12.1 Å². The van der Waals surface area contributed by atoms with Crippen LogP contribution in [0, 0.1) is 5.82 Å². The van der Waals surface area contributed by atoms with E-state index in [4.69, 9.17) is 0 Å². The zero-order chi connectivity index (χ0) is 22.9. The summed E-state index contributed by atoms with van der Waals surface area (Å²) >= 11 is 0. The van der Waals surface area contributed by atoms with Crippen LogP contribution < -0.4 is 10.1 Å². The molecule has 2 heterocycles. The molecule has 4 rings (SSSR count). The molecule has 11 heteroatoms. The van der Waals surface area contributed by atoms with E-state index in [9.17, 15) is 26.4 Å². The lowest BCUT2D eigenvalue weighted by Gasteiger charge is -2.23. The molecule has 0 saturated heterocycles. The molecule has 0 spiro atoms. The second kappa shape index (κ2) is 8.83. The maximum atomic E-state index is 13.0. The van der Waals surface area contributed by atoms with Crippen LogP contribution in [0.15, 0.2) is 64.6 Å². The monoisotopic (exact) mass is 467 g/mol. The van der Waals surface area contributed by atoms with Crippen molar-refractivity contribution in [3.05, 3.63) is 71.1 Å². The van der Waals surface area contributed by atoms with Gasteiger partial charge in [0.05, 0.1) is 4.90 Å². The summed E-state index contributed by atoms with van der Waals surface area (Å²) in [5, 5.41) is 2.78. The number of alkyl halides is 2. The molecular formula is C21H20F3N3O4S. The Bertz CT molecular complexity index is 1120. The molecule has 0 unspecified atom stereocenters. The van der Waals surface area contributed by atoms with E-state index in [2.05, 4.69) is 10.1 Å². The quantitative estimate of drug-likeness (QED) is 0.663. The van der Waals surface area contributed by atoms with Crippen LogP contribution in [0.1, 0.15) is 5.56 Å². The Kier molecular flexibility index (Phi) is 6.11. The maximum absolute atomic E-state index is 13.0. The highest BCUT2D eigenvalue weighted by Gasteiger charge is 2.37. The van der Waals surface area contributed by atoms with Crippen LogP contribution in [0.5, 0.6) is 5.75 Å². The summed E-state index contributed by atoms with van der Waals surface area (Å²) in [6.07, 6.45) is 0. The minimum absolute atomic E-state index is 0.0193. The topological polar surface area (TPSA) is 79.0 Å². The van der Waals surface area contributed by atoms with Crippen LogP contribution in [0.3, 0.4) is 0 Å². The predicted octanol–water partition coefficient (Wildman–Crippen LogP) is 2.95. The first-order valence-electron chi connectivity index (χ1n) is 9.74. The van der Waals surface area contributed by atoms with E-state index < -0.39 is 16.6 Å². The molecule has 170 valence electrons. The molecule has 2 amide bonds. The number of nitrogens with zero attached hydrogens (tertiary/aromatic N) is 2. The van der Waals surface area contributed by atoms with Crippen molar-refractivity contribution in [3.8, 4) is 5.75 Å². The summed E-state index contributed by atoms with van der Waals surface area (Å²) in [5.74, 6) is -0.472. The number of nitrogens with one attached hydrogen (secondary N) is 1. The molecule has 0 bridgehead atoms. The number of carbonyl (C=O) groups excluding carboxylic acids is 1. The summed E-state index contributed by atoms with van der Waals surface area (Å²) in [4.78, 5) is 14.0. The third-order valence-electron chi connectivity index (χ3n) is 5.33. The fraction of sp³-hybridized carbons (Fsp3) is 0.286. The first kappa shape index (κ1) is 22.2. The third-order valence-corrected chi connectivity index (χ3v) is 7.13. The highest BCUT2D eigenvalue weighted by molar-refractivity contribution is 7.89. The van der Waals surface area contributed by atoms with E-state index in [0.29, 0.717) is 13.1 Å². The van der Waals surface area contributed by atoms with Crippen LogP contribution in [-0.4, -0.2) is 56.4 Å². The van der Waals surface area contributed by atoms with Crippen LogP contribution in [0.4, 0.5) is 18.0 Å². The van der Waals surface area contributed by atoms with Crippen molar-refractivity contribution in [1.82, 2.24) is 14.5 Å². The van der Waals surface area contributed by atoms with Gasteiger partial charge in [-0.2, -0.15) is 13.1 Å². The van der Waals surface area contributed by atoms with Crippen molar-refractivity contribution in [2.24, 2.45) is 0 Å². The molecule has 2 aliphatic heterocycles. The Hall–Kier alpha value is -3.05. The van der Waals surface area contributed by atoms with Crippen molar-refractivity contribution >= 4 is 16.1 Å². The summed E-state index contributed by atoms with van der Waals surface area (Å²) in [5.41, 5.74) is 2.49. The number of hydrogen-bond donors (Lipinski definition) is 1. The van der Waals surface area contributed by atoms with Gasteiger partial charge in [-0.15, -0.1) is 0 Å². The molecule has 0 atom stereocenters. The molecule has 0 fully saturated rings. The summed E-state index contributed by atoms with van der Waals surface area (Å²) in [6.45, 7) is -1.77. The number of halogens is 3. The number of carbonyl (C=O) groups is 1. The highest BCUT2D eigenvalue weighted by atomic mass is 32.2. The lowest BCUT2D eigenvalue weighted by molar-refractivity contribution is -0.0498. The molecule has 2 aromatic rings. The lowest BCUT2D eigenvalue weighted by Crippen LogP contribution is -2.41. The van der Waals surface area contributed by atoms with Crippen LogP contribution in [0.25, 0.3) is 0 Å². The number of ether oxygens (including phenoxy) is 1. The fourth-order valence-electron chi connectivity index (χ4n) is 3.69. The van der Waals surface area contributed by atoms with Gasteiger partial charge >= 0.3 is 12.6 Å². The van der Waals surface area contributed by atoms with Crippen molar-refractivity contribution in [3.63, 3.8) is 0 Å². The maximum Gasteiger partial charge on any atom is 0.387 e. The Morgan fingerprint density at radius 3 is 2.12 bits per heavy atom. The van der Waals surface area contributed by atoms with Crippen LogP contribution >= 0.6 is 0 Å². The van der Waals surface area contributed by atoms with Crippen LogP contribution in [0.2, 0.25) is 0 Å². The molecule has 0 aromatic heterocycles. The highest BCUT2D eigenvalue weighted by Crippen LogP contribution is 2.30. The standard InChI is InChI=1S/C21H20F3N3O4S/c22-17-3-1-14(2-4-17)9-25-21(28)26-10-15-12-27(13-16(15)11-26)32(29,30)19-7-5-18(6-8-19)31-20(23)24/h1-8,20H,9-13H2,(H,25,28). The zero-order valence-electron chi connectivity index (χ0n) is 16.8. The molecule has 1 N–H and O–H groups in total. The summed E-state index contributed by atoms with van der Waals surface area (Å²) in [6, 6.07) is 10.4. The molecule has 2 aromatic carbocycles. The molecule has 2 aliphatic rings. The van der Waals surface area contributed by atoms with E-state index in [1.165, 1.54) is 40.7 Å². The normalized spacial score (nSPS) is 16.6.